The van der Waals surface area contributed by atoms with Crippen LogP contribution in [0.25, 0.3) is 16.9 Å². The predicted octanol–water partition coefficient (Wildman–Crippen LogP) is 5.35. The van der Waals surface area contributed by atoms with Crippen molar-refractivity contribution in [3.8, 4) is 28.5 Å². The van der Waals surface area contributed by atoms with Gasteiger partial charge in [0, 0.05) is 11.3 Å². The summed E-state index contributed by atoms with van der Waals surface area (Å²) in [6, 6.07) is 9.97. The third kappa shape index (κ3) is 4.67. The normalized spacial score (nSPS) is 11.4. The molecule has 0 saturated heterocycles. The van der Waals surface area contributed by atoms with Crippen LogP contribution in [0.2, 0.25) is 5.02 Å². The van der Waals surface area contributed by atoms with E-state index in [9.17, 15) is 18.0 Å². The van der Waals surface area contributed by atoms with Gasteiger partial charge in [-0.3, -0.25) is 4.79 Å². The number of halogens is 4. The molecule has 8 nitrogen and oxygen atoms in total. The van der Waals surface area contributed by atoms with Crippen LogP contribution in [0.5, 0.6) is 17.2 Å². The van der Waals surface area contributed by atoms with Crippen LogP contribution in [0.1, 0.15) is 16.1 Å². The van der Waals surface area contributed by atoms with Crippen LogP contribution in [0.15, 0.2) is 48.7 Å². The second kappa shape index (κ2) is 9.34. The number of rotatable bonds is 6. The Morgan fingerprint density at radius 2 is 1.66 bits per heavy atom. The molecule has 1 N–H and O–H groups in total. The molecular formula is C23H18ClF3N4O4. The third-order valence-corrected chi connectivity index (χ3v) is 5.39. The van der Waals surface area contributed by atoms with Gasteiger partial charge in [-0.2, -0.15) is 18.3 Å². The van der Waals surface area contributed by atoms with E-state index in [4.69, 9.17) is 25.8 Å². The summed E-state index contributed by atoms with van der Waals surface area (Å²) in [5.74, 6) is 0.391. The van der Waals surface area contributed by atoms with Crippen molar-refractivity contribution < 1.29 is 32.2 Å². The lowest BCUT2D eigenvalue weighted by Gasteiger charge is -2.13. The van der Waals surface area contributed by atoms with Crippen LogP contribution < -0.4 is 19.5 Å². The number of amides is 1. The highest BCUT2D eigenvalue weighted by Gasteiger charge is 2.36. The fraction of sp³-hybridized carbons (Fsp3) is 0.174. The molecule has 2 aromatic carbocycles. The zero-order valence-corrected chi connectivity index (χ0v) is 19.4. The Bertz CT molecular complexity index is 1420. The van der Waals surface area contributed by atoms with Gasteiger partial charge in [-0.25, -0.2) is 9.50 Å². The first-order valence-corrected chi connectivity index (χ1v) is 10.4. The van der Waals surface area contributed by atoms with Gasteiger partial charge in [0.05, 0.1) is 38.2 Å². The number of hydrogen-bond acceptors (Lipinski definition) is 6. The van der Waals surface area contributed by atoms with E-state index in [0.29, 0.717) is 33.0 Å². The van der Waals surface area contributed by atoms with Crippen LogP contribution in [0.4, 0.5) is 18.9 Å². The topological polar surface area (TPSA) is 87.0 Å². The Labute approximate surface area is 202 Å². The Kier molecular flexibility index (Phi) is 6.44. The van der Waals surface area contributed by atoms with Gasteiger partial charge in [0.15, 0.2) is 22.8 Å². The number of carbonyl (C=O) groups excluding carboxylic acids is 1. The monoisotopic (exact) mass is 506 g/mol. The molecule has 0 unspecified atom stereocenters. The first-order valence-electron chi connectivity index (χ1n) is 9.99. The zero-order chi connectivity index (χ0) is 25.3. The summed E-state index contributed by atoms with van der Waals surface area (Å²) in [4.78, 5) is 17.3. The molecule has 4 rings (SSSR count). The number of aromatic nitrogens is 3. The molecule has 12 heteroatoms. The number of hydrogen-bond donors (Lipinski definition) is 1. The van der Waals surface area contributed by atoms with Gasteiger partial charge in [-0.1, -0.05) is 11.6 Å². The van der Waals surface area contributed by atoms with E-state index in [1.807, 2.05) is 0 Å². The maximum absolute atomic E-state index is 13.9. The van der Waals surface area contributed by atoms with Gasteiger partial charge in [0.2, 0.25) is 0 Å². The fourth-order valence-corrected chi connectivity index (χ4v) is 3.67. The standard InChI is InChI=1S/C23H18ClF3N4O4/c1-33-17-7-5-13(9-15(17)24)29-22(32)14-11-28-31-20(23(25,26)27)10-16(30-21(14)31)12-4-6-18(34-2)19(8-12)35-3/h4-11H,1-3H3,(H,29,32). The van der Waals surface area contributed by atoms with E-state index in [-0.39, 0.29) is 21.9 Å². The molecule has 0 aliphatic heterocycles. The highest BCUT2D eigenvalue weighted by molar-refractivity contribution is 6.32. The molecule has 0 atom stereocenters. The van der Waals surface area contributed by atoms with E-state index < -0.39 is 17.8 Å². The minimum absolute atomic E-state index is 0.0344. The molecule has 0 aliphatic rings. The second-order valence-electron chi connectivity index (χ2n) is 7.19. The van der Waals surface area contributed by atoms with Gasteiger partial charge >= 0.3 is 6.18 Å². The Hall–Kier alpha value is -3.99. The Morgan fingerprint density at radius 3 is 2.29 bits per heavy atom. The number of methoxy groups -OCH3 is 3. The Balaban J connectivity index is 1.82. The lowest BCUT2D eigenvalue weighted by Crippen LogP contribution is -2.16. The maximum atomic E-state index is 13.9. The van der Waals surface area contributed by atoms with E-state index in [1.54, 1.807) is 12.1 Å². The Morgan fingerprint density at radius 1 is 0.971 bits per heavy atom. The summed E-state index contributed by atoms with van der Waals surface area (Å²) in [7, 11) is 4.29. The second-order valence-corrected chi connectivity index (χ2v) is 7.60. The molecule has 35 heavy (non-hydrogen) atoms. The van der Waals surface area contributed by atoms with Crippen molar-refractivity contribution in [3.05, 3.63) is 64.9 Å². The lowest BCUT2D eigenvalue weighted by atomic mass is 10.1. The quantitative estimate of drug-likeness (QED) is 0.379. The van der Waals surface area contributed by atoms with Crippen LogP contribution in [-0.2, 0) is 6.18 Å². The van der Waals surface area contributed by atoms with E-state index in [2.05, 4.69) is 15.4 Å². The molecule has 2 heterocycles. The number of benzene rings is 2. The van der Waals surface area contributed by atoms with Gasteiger partial charge in [-0.05, 0) is 42.5 Å². The first-order chi connectivity index (χ1) is 16.7. The average Bonchev–Trinajstić information content (AvgIpc) is 3.26. The van der Waals surface area contributed by atoms with Gasteiger partial charge in [0.1, 0.15) is 11.3 Å². The highest BCUT2D eigenvalue weighted by Crippen LogP contribution is 2.36. The summed E-state index contributed by atoms with van der Waals surface area (Å²) in [6.07, 6.45) is -3.74. The molecule has 4 aromatic rings. The van der Waals surface area contributed by atoms with Crippen molar-refractivity contribution in [2.45, 2.75) is 6.18 Å². The van der Waals surface area contributed by atoms with E-state index in [1.165, 1.54) is 45.6 Å². The van der Waals surface area contributed by atoms with Crippen LogP contribution in [0, 0.1) is 0 Å². The van der Waals surface area contributed by atoms with Crippen molar-refractivity contribution in [2.75, 3.05) is 26.6 Å². The maximum Gasteiger partial charge on any atom is 0.433 e. The van der Waals surface area contributed by atoms with Crippen molar-refractivity contribution in [2.24, 2.45) is 0 Å². The van der Waals surface area contributed by atoms with Crippen molar-refractivity contribution in [1.29, 1.82) is 0 Å². The lowest BCUT2D eigenvalue weighted by molar-refractivity contribution is -0.142. The predicted molar refractivity (Wildman–Crippen MR) is 122 cm³/mol. The van der Waals surface area contributed by atoms with Crippen molar-refractivity contribution in [3.63, 3.8) is 0 Å². The molecule has 0 saturated carbocycles. The molecule has 182 valence electrons. The largest absolute Gasteiger partial charge is 0.495 e. The summed E-state index contributed by atoms with van der Waals surface area (Å²) in [5.41, 5.74) is -0.935. The van der Waals surface area contributed by atoms with Crippen LogP contribution in [-0.4, -0.2) is 41.8 Å². The molecular weight excluding hydrogens is 489 g/mol. The molecule has 2 aromatic heterocycles. The minimum Gasteiger partial charge on any atom is -0.495 e. The average molecular weight is 507 g/mol. The molecule has 0 bridgehead atoms. The van der Waals surface area contributed by atoms with Gasteiger partial charge in [0.25, 0.3) is 5.91 Å². The number of alkyl halides is 3. The van der Waals surface area contributed by atoms with Crippen molar-refractivity contribution >= 4 is 28.8 Å². The summed E-state index contributed by atoms with van der Waals surface area (Å²) >= 11 is 6.09. The smallest absolute Gasteiger partial charge is 0.433 e. The summed E-state index contributed by atoms with van der Waals surface area (Å²) in [5, 5.41) is 6.61. The summed E-state index contributed by atoms with van der Waals surface area (Å²) < 4.78 is 57.8. The third-order valence-electron chi connectivity index (χ3n) is 5.10. The van der Waals surface area contributed by atoms with E-state index in [0.717, 1.165) is 12.3 Å². The van der Waals surface area contributed by atoms with Crippen LogP contribution >= 0.6 is 11.6 Å². The number of fused-ring (bicyclic) bond motifs is 1. The zero-order valence-electron chi connectivity index (χ0n) is 18.6. The molecule has 0 radical (unpaired) electrons. The van der Waals surface area contributed by atoms with Gasteiger partial charge < -0.3 is 19.5 Å². The molecule has 1 amide bonds. The van der Waals surface area contributed by atoms with E-state index >= 15 is 0 Å². The van der Waals surface area contributed by atoms with Gasteiger partial charge in [-0.15, -0.1) is 0 Å². The molecule has 0 spiro atoms. The first kappa shape index (κ1) is 24.1. The van der Waals surface area contributed by atoms with Crippen molar-refractivity contribution in [1.82, 2.24) is 14.6 Å². The highest BCUT2D eigenvalue weighted by atomic mass is 35.5. The number of anilines is 1. The number of nitrogens with zero attached hydrogens (tertiary/aromatic N) is 3. The molecule has 0 aliphatic carbocycles. The number of ether oxygens (including phenoxy) is 3. The van der Waals surface area contributed by atoms with Crippen LogP contribution in [0.3, 0.4) is 0 Å². The fourth-order valence-electron chi connectivity index (χ4n) is 3.41. The SMILES string of the molecule is COc1ccc(NC(=O)c2cnn3c(C(F)(F)F)cc(-c4ccc(OC)c(OC)c4)nc23)cc1Cl. The number of nitrogens with one attached hydrogen (secondary N) is 1. The minimum atomic E-state index is -4.77. The summed E-state index contributed by atoms with van der Waals surface area (Å²) in [6.45, 7) is 0. The molecule has 0 fully saturated rings. The number of carbonyl (C=O) groups is 1.